The van der Waals surface area contributed by atoms with E-state index >= 15 is 0 Å². The smallest absolute Gasteiger partial charge is 0.391 e. The number of phosphoric ester groups is 1. The summed E-state index contributed by atoms with van der Waals surface area (Å²) < 4.78 is 23.8. The van der Waals surface area contributed by atoms with Crippen LogP contribution in [0.4, 0.5) is 0 Å². The fourth-order valence-electron chi connectivity index (χ4n) is 8.93. The number of likely N-dealkylation sites (N-methyl/N-ethyl adjacent to an activating group) is 1. The van der Waals surface area contributed by atoms with Crippen molar-refractivity contribution in [3.05, 3.63) is 12.2 Å². The van der Waals surface area contributed by atoms with Crippen LogP contribution in [0.1, 0.15) is 296 Å². The minimum absolute atomic E-state index is 0.0762. The third-order valence-corrected chi connectivity index (χ3v) is 14.5. The van der Waals surface area contributed by atoms with E-state index in [1.807, 2.05) is 21.1 Å². The van der Waals surface area contributed by atoms with Crippen molar-refractivity contribution >= 4 is 13.7 Å². The van der Waals surface area contributed by atoms with Crippen LogP contribution in [0, 0.1) is 0 Å². The molecule has 66 heavy (non-hydrogen) atoms. The summed E-state index contributed by atoms with van der Waals surface area (Å²) in [6.07, 6.45) is 59.8. The van der Waals surface area contributed by atoms with Gasteiger partial charge >= 0.3 is 7.82 Å². The summed E-state index contributed by atoms with van der Waals surface area (Å²) in [7, 11) is 1.63. The minimum atomic E-state index is -4.32. The molecular formula is C57H116N2O6P+. The number of carbonyl (C=O) groups excluding carboxylic acids is 1. The van der Waals surface area contributed by atoms with E-state index in [4.69, 9.17) is 9.05 Å². The van der Waals surface area contributed by atoms with Crippen LogP contribution in [0.15, 0.2) is 12.2 Å². The van der Waals surface area contributed by atoms with Crippen molar-refractivity contribution in [1.82, 2.24) is 5.32 Å². The summed E-state index contributed by atoms with van der Waals surface area (Å²) in [5.74, 6) is -0.144. The van der Waals surface area contributed by atoms with Crippen LogP contribution in [0.2, 0.25) is 0 Å². The molecule has 0 saturated heterocycles. The highest BCUT2D eigenvalue weighted by molar-refractivity contribution is 7.47. The molecule has 0 bridgehead atoms. The quantitative estimate of drug-likeness (QED) is 0.0243. The second-order valence-electron chi connectivity index (χ2n) is 21.4. The zero-order chi connectivity index (χ0) is 48.5. The molecule has 3 N–H and O–H groups in total. The molecule has 1 amide bonds. The van der Waals surface area contributed by atoms with Crippen LogP contribution < -0.4 is 5.32 Å². The van der Waals surface area contributed by atoms with Gasteiger partial charge < -0.3 is 19.8 Å². The van der Waals surface area contributed by atoms with Gasteiger partial charge in [-0.15, -0.1) is 0 Å². The minimum Gasteiger partial charge on any atom is -0.391 e. The molecular weight excluding hydrogens is 840 g/mol. The summed E-state index contributed by atoms with van der Waals surface area (Å²) in [6.45, 7) is 4.93. The zero-order valence-corrected chi connectivity index (χ0v) is 45.9. The lowest BCUT2D eigenvalue weighted by Gasteiger charge is -2.26. The molecule has 0 aromatic heterocycles. The average Bonchev–Trinajstić information content (AvgIpc) is 3.28. The average molecular weight is 957 g/mol. The number of nitrogens with zero attached hydrogens (tertiary/aromatic N) is 1. The highest BCUT2D eigenvalue weighted by Crippen LogP contribution is 2.43. The molecule has 8 nitrogen and oxygen atoms in total. The predicted octanol–water partition coefficient (Wildman–Crippen LogP) is 17.4. The first-order valence-electron chi connectivity index (χ1n) is 29.1. The first kappa shape index (κ1) is 65.2. The highest BCUT2D eigenvalue weighted by atomic mass is 31.2. The number of allylic oxidation sites excluding steroid dienone is 2. The van der Waals surface area contributed by atoms with Crippen molar-refractivity contribution in [2.75, 3.05) is 40.9 Å². The largest absolute Gasteiger partial charge is 0.472 e. The predicted molar refractivity (Wildman–Crippen MR) is 286 cm³/mol. The molecule has 0 rings (SSSR count). The second kappa shape index (κ2) is 49.2. The summed E-state index contributed by atoms with van der Waals surface area (Å²) in [5, 5.41) is 14.1. The Morgan fingerprint density at radius 1 is 0.500 bits per heavy atom. The number of nitrogens with one attached hydrogen (secondary N) is 1. The summed E-state index contributed by atoms with van der Waals surface area (Å²) >= 11 is 0. The van der Waals surface area contributed by atoms with Crippen LogP contribution in [0.25, 0.3) is 0 Å². The number of aliphatic hydroxyl groups excluding tert-OH is 1. The number of aliphatic hydroxyl groups is 1. The number of unbranched alkanes of at least 4 members (excludes halogenated alkanes) is 39. The number of hydrogen-bond donors (Lipinski definition) is 3. The van der Waals surface area contributed by atoms with Gasteiger partial charge in [0.15, 0.2) is 0 Å². The summed E-state index contributed by atoms with van der Waals surface area (Å²) in [5.41, 5.74) is 0. The molecule has 394 valence electrons. The lowest BCUT2D eigenvalue weighted by atomic mass is 10.0. The van der Waals surface area contributed by atoms with Gasteiger partial charge in [0.1, 0.15) is 13.2 Å². The van der Waals surface area contributed by atoms with E-state index in [1.165, 1.54) is 231 Å². The molecule has 0 aliphatic carbocycles. The number of quaternary nitrogens is 1. The Balaban J connectivity index is 4.12. The molecule has 0 aromatic rings. The van der Waals surface area contributed by atoms with E-state index in [0.29, 0.717) is 23.9 Å². The van der Waals surface area contributed by atoms with Crippen molar-refractivity contribution in [2.45, 2.75) is 309 Å². The van der Waals surface area contributed by atoms with E-state index in [0.717, 1.165) is 38.5 Å². The Morgan fingerprint density at radius 3 is 1.17 bits per heavy atom. The van der Waals surface area contributed by atoms with Gasteiger partial charge in [-0.25, -0.2) is 4.57 Å². The maximum absolute atomic E-state index is 13.0. The topological polar surface area (TPSA) is 105 Å². The molecule has 0 heterocycles. The molecule has 3 unspecified atom stereocenters. The SMILES string of the molecule is CCCCCCCCC/C=C\CCCCCCCCCC(=O)NC(COP(=O)(O)OCC[N+](C)(C)C)C(O)CCCCCCCCCCCCCCCCCCCCCCCCCCCC. The molecule has 0 spiro atoms. The molecule has 0 aromatic carbocycles. The molecule has 9 heteroatoms. The van der Waals surface area contributed by atoms with Crippen molar-refractivity contribution in [1.29, 1.82) is 0 Å². The summed E-state index contributed by atoms with van der Waals surface area (Å²) in [4.78, 5) is 23.3. The Kier molecular flexibility index (Phi) is 48.7. The number of phosphoric acid groups is 1. The van der Waals surface area contributed by atoms with Crippen LogP contribution in [-0.2, 0) is 18.4 Å². The van der Waals surface area contributed by atoms with Crippen LogP contribution >= 0.6 is 7.82 Å². The van der Waals surface area contributed by atoms with E-state index in [9.17, 15) is 19.4 Å². The Hall–Kier alpha value is -0.760. The standard InChI is InChI=1S/C57H115N2O6P/c1-6-8-10-12-14-16-18-20-22-24-26-27-28-29-30-31-32-33-34-36-38-40-42-44-46-48-50-56(60)55(54-65-66(62,63)64-53-52-59(3,4)5)58-57(61)51-49-47-45-43-41-39-37-35-25-23-21-19-17-15-13-11-9-7-2/h23,25,55-56,60H,6-22,24,26-54H2,1-5H3,(H-,58,61,62,63)/p+1/b25-23-. The van der Waals surface area contributed by atoms with Crippen LogP contribution in [-0.4, -0.2) is 73.4 Å². The lowest BCUT2D eigenvalue weighted by Crippen LogP contribution is -2.46. The van der Waals surface area contributed by atoms with Crippen LogP contribution in [0.3, 0.4) is 0 Å². The van der Waals surface area contributed by atoms with Gasteiger partial charge in [-0.3, -0.25) is 13.8 Å². The van der Waals surface area contributed by atoms with Crippen molar-refractivity contribution < 1.29 is 32.9 Å². The fraction of sp³-hybridized carbons (Fsp3) is 0.947. The Bertz CT molecular complexity index is 1080. The van der Waals surface area contributed by atoms with Crippen LogP contribution in [0.5, 0.6) is 0 Å². The fourth-order valence-corrected chi connectivity index (χ4v) is 9.66. The van der Waals surface area contributed by atoms with Gasteiger partial charge in [-0.2, -0.15) is 0 Å². The lowest BCUT2D eigenvalue weighted by molar-refractivity contribution is -0.870. The number of amides is 1. The van der Waals surface area contributed by atoms with Gasteiger partial charge in [0.2, 0.25) is 5.91 Å². The van der Waals surface area contributed by atoms with Gasteiger partial charge in [0.05, 0.1) is 39.9 Å². The molecule has 0 aliphatic rings. The van der Waals surface area contributed by atoms with E-state index < -0.39 is 20.0 Å². The number of hydrogen-bond acceptors (Lipinski definition) is 5. The number of carbonyl (C=O) groups is 1. The molecule has 0 aliphatic heterocycles. The first-order chi connectivity index (χ1) is 32.0. The van der Waals surface area contributed by atoms with E-state index in [1.54, 1.807) is 0 Å². The monoisotopic (exact) mass is 956 g/mol. The molecule has 0 radical (unpaired) electrons. The molecule has 3 atom stereocenters. The normalized spacial score (nSPS) is 14.0. The molecule has 0 fully saturated rings. The summed E-state index contributed by atoms with van der Waals surface area (Å²) in [6, 6.07) is -0.760. The van der Waals surface area contributed by atoms with E-state index in [2.05, 4.69) is 31.3 Å². The highest BCUT2D eigenvalue weighted by Gasteiger charge is 2.28. The van der Waals surface area contributed by atoms with Gasteiger partial charge in [-0.05, 0) is 38.5 Å². The van der Waals surface area contributed by atoms with Gasteiger partial charge in [0, 0.05) is 6.42 Å². The third-order valence-electron chi connectivity index (χ3n) is 13.5. The zero-order valence-electron chi connectivity index (χ0n) is 45.0. The third kappa shape index (κ3) is 51.1. The van der Waals surface area contributed by atoms with Crippen molar-refractivity contribution in [2.24, 2.45) is 0 Å². The van der Waals surface area contributed by atoms with Gasteiger partial charge in [-0.1, -0.05) is 264 Å². The Morgan fingerprint density at radius 2 is 0.818 bits per heavy atom. The van der Waals surface area contributed by atoms with Crippen molar-refractivity contribution in [3.8, 4) is 0 Å². The van der Waals surface area contributed by atoms with E-state index in [-0.39, 0.29) is 19.1 Å². The molecule has 0 saturated carbocycles. The maximum Gasteiger partial charge on any atom is 0.472 e. The number of rotatable bonds is 54. The maximum atomic E-state index is 13.0. The second-order valence-corrected chi connectivity index (χ2v) is 22.8. The Labute approximate surface area is 412 Å². The van der Waals surface area contributed by atoms with Crippen molar-refractivity contribution in [3.63, 3.8) is 0 Å². The first-order valence-corrected chi connectivity index (χ1v) is 30.5. The van der Waals surface area contributed by atoms with Gasteiger partial charge in [0.25, 0.3) is 0 Å².